The average molecular weight is 196 g/mol. The third-order valence-corrected chi connectivity index (χ3v) is 2.11. The summed E-state index contributed by atoms with van der Waals surface area (Å²) >= 11 is 0. The van der Waals surface area contributed by atoms with Gasteiger partial charge in [0.2, 0.25) is 0 Å². The Bertz CT molecular complexity index is 308. The van der Waals surface area contributed by atoms with Gasteiger partial charge in [-0.15, -0.1) is 0 Å². The van der Waals surface area contributed by atoms with E-state index in [1.54, 1.807) is 0 Å². The highest BCUT2D eigenvalue weighted by molar-refractivity contribution is 5.48. The van der Waals surface area contributed by atoms with E-state index in [-0.39, 0.29) is 12.4 Å². The number of rotatable bonds is 4. The van der Waals surface area contributed by atoms with E-state index in [2.05, 4.69) is 6.92 Å². The molecule has 0 unspecified atom stereocenters. The molecule has 0 spiro atoms. The van der Waals surface area contributed by atoms with Crippen LogP contribution in [0.5, 0.6) is 11.5 Å². The predicted molar refractivity (Wildman–Crippen MR) is 54.6 cm³/mol. The van der Waals surface area contributed by atoms with Crippen LogP contribution in [0.1, 0.15) is 24.5 Å². The van der Waals surface area contributed by atoms with Crippen molar-refractivity contribution in [3.05, 3.63) is 23.3 Å². The first-order chi connectivity index (χ1) is 6.72. The highest BCUT2D eigenvalue weighted by Crippen LogP contribution is 2.32. The van der Waals surface area contributed by atoms with Crippen molar-refractivity contribution in [3.63, 3.8) is 0 Å². The molecule has 0 aliphatic carbocycles. The Hall–Kier alpha value is -1.22. The zero-order valence-electron chi connectivity index (χ0n) is 8.58. The molecule has 0 aliphatic rings. The van der Waals surface area contributed by atoms with Gasteiger partial charge in [-0.3, -0.25) is 0 Å². The van der Waals surface area contributed by atoms with E-state index in [4.69, 9.17) is 9.84 Å². The van der Waals surface area contributed by atoms with Crippen molar-refractivity contribution in [2.45, 2.75) is 26.4 Å². The number of aryl methyl sites for hydroxylation is 1. The lowest BCUT2D eigenvalue weighted by atomic mass is 10.0. The predicted octanol–water partition coefficient (Wildman–Crippen LogP) is 1.85. The zero-order chi connectivity index (χ0) is 10.6. The highest BCUT2D eigenvalue weighted by Gasteiger charge is 2.09. The molecule has 14 heavy (non-hydrogen) atoms. The van der Waals surface area contributed by atoms with E-state index in [0.29, 0.717) is 11.3 Å². The Morgan fingerprint density at radius 3 is 2.57 bits per heavy atom. The third-order valence-electron chi connectivity index (χ3n) is 2.11. The molecule has 78 valence electrons. The van der Waals surface area contributed by atoms with E-state index in [9.17, 15) is 5.11 Å². The molecule has 3 heteroatoms. The second-order valence-electron chi connectivity index (χ2n) is 3.22. The maximum atomic E-state index is 9.59. The summed E-state index contributed by atoms with van der Waals surface area (Å²) in [5.41, 5.74) is 1.66. The van der Waals surface area contributed by atoms with Crippen LogP contribution in [0.2, 0.25) is 0 Å². The number of aliphatic hydroxyl groups is 1. The fraction of sp³-hybridized carbons (Fsp3) is 0.455. The van der Waals surface area contributed by atoms with Gasteiger partial charge in [-0.25, -0.2) is 0 Å². The number of phenolic OH excluding ortho intramolecular Hbond substituents is 1. The Labute approximate surface area is 84.0 Å². The Morgan fingerprint density at radius 2 is 2.07 bits per heavy atom. The molecule has 1 rings (SSSR count). The normalized spacial score (nSPS) is 10.2. The first-order valence-corrected chi connectivity index (χ1v) is 4.72. The van der Waals surface area contributed by atoms with Gasteiger partial charge < -0.3 is 14.9 Å². The van der Waals surface area contributed by atoms with Gasteiger partial charge in [0.05, 0.1) is 13.7 Å². The van der Waals surface area contributed by atoms with E-state index in [1.165, 1.54) is 13.2 Å². The molecule has 0 fully saturated rings. The molecule has 2 N–H and O–H groups in total. The minimum atomic E-state index is -0.0612. The summed E-state index contributed by atoms with van der Waals surface area (Å²) < 4.78 is 5.10. The van der Waals surface area contributed by atoms with Crippen molar-refractivity contribution in [1.29, 1.82) is 0 Å². The smallest absolute Gasteiger partial charge is 0.163 e. The first kappa shape index (κ1) is 10.9. The summed E-state index contributed by atoms with van der Waals surface area (Å²) in [5.74, 6) is 0.617. The average Bonchev–Trinajstić information content (AvgIpc) is 2.18. The van der Waals surface area contributed by atoms with Crippen LogP contribution in [0.25, 0.3) is 0 Å². The van der Waals surface area contributed by atoms with Crippen LogP contribution in [-0.2, 0) is 13.0 Å². The minimum Gasteiger partial charge on any atom is -0.504 e. The quantitative estimate of drug-likeness (QED) is 0.772. The maximum absolute atomic E-state index is 9.59. The van der Waals surface area contributed by atoms with Gasteiger partial charge in [0.15, 0.2) is 11.5 Å². The molecule has 0 saturated heterocycles. The molecular formula is C11H16O3. The number of ether oxygens (including phenoxy) is 1. The third kappa shape index (κ3) is 2.17. The lowest BCUT2D eigenvalue weighted by Crippen LogP contribution is -1.95. The monoisotopic (exact) mass is 196 g/mol. The zero-order valence-corrected chi connectivity index (χ0v) is 8.58. The SMILES string of the molecule is CCCc1cc(CO)cc(O)c1OC. The Morgan fingerprint density at radius 1 is 1.36 bits per heavy atom. The van der Waals surface area contributed by atoms with Crippen LogP contribution in [0, 0.1) is 0 Å². The topological polar surface area (TPSA) is 49.7 Å². The maximum Gasteiger partial charge on any atom is 0.163 e. The molecule has 0 aromatic heterocycles. The van der Waals surface area contributed by atoms with Crippen LogP contribution in [-0.4, -0.2) is 17.3 Å². The van der Waals surface area contributed by atoms with Crippen molar-refractivity contribution >= 4 is 0 Å². The van der Waals surface area contributed by atoms with E-state index < -0.39 is 0 Å². The summed E-state index contributed by atoms with van der Waals surface area (Å²) in [6.07, 6.45) is 1.81. The van der Waals surface area contributed by atoms with Crippen molar-refractivity contribution in [3.8, 4) is 11.5 Å². The summed E-state index contributed by atoms with van der Waals surface area (Å²) in [7, 11) is 1.53. The van der Waals surface area contributed by atoms with E-state index in [0.717, 1.165) is 18.4 Å². The summed E-state index contributed by atoms with van der Waals surface area (Å²) in [6.45, 7) is 2.00. The summed E-state index contributed by atoms with van der Waals surface area (Å²) in [4.78, 5) is 0. The van der Waals surface area contributed by atoms with Crippen LogP contribution >= 0.6 is 0 Å². The number of methoxy groups -OCH3 is 1. The van der Waals surface area contributed by atoms with Gasteiger partial charge in [-0.1, -0.05) is 13.3 Å². The standard InChI is InChI=1S/C11H16O3/c1-3-4-9-5-8(7-12)6-10(13)11(9)14-2/h5-6,12-13H,3-4,7H2,1-2H3. The van der Waals surface area contributed by atoms with Gasteiger partial charge in [0.1, 0.15) is 0 Å². The molecule has 0 atom stereocenters. The number of benzene rings is 1. The summed E-state index contributed by atoms with van der Waals surface area (Å²) in [5, 5.41) is 18.6. The van der Waals surface area contributed by atoms with E-state index >= 15 is 0 Å². The fourth-order valence-electron chi connectivity index (χ4n) is 1.52. The molecule has 3 nitrogen and oxygen atoms in total. The molecule has 0 heterocycles. The Kier molecular flexibility index (Phi) is 3.77. The minimum absolute atomic E-state index is 0.0612. The van der Waals surface area contributed by atoms with Gasteiger partial charge in [0.25, 0.3) is 0 Å². The molecule has 1 aromatic rings. The first-order valence-electron chi connectivity index (χ1n) is 4.72. The van der Waals surface area contributed by atoms with Crippen molar-refractivity contribution in [2.75, 3.05) is 7.11 Å². The van der Waals surface area contributed by atoms with Gasteiger partial charge in [0, 0.05) is 0 Å². The highest BCUT2D eigenvalue weighted by atomic mass is 16.5. The number of hydrogen-bond donors (Lipinski definition) is 2. The van der Waals surface area contributed by atoms with Crippen LogP contribution < -0.4 is 4.74 Å². The number of aliphatic hydroxyl groups excluding tert-OH is 1. The van der Waals surface area contributed by atoms with Crippen molar-refractivity contribution in [1.82, 2.24) is 0 Å². The van der Waals surface area contributed by atoms with Crippen molar-refractivity contribution in [2.24, 2.45) is 0 Å². The molecule has 0 aliphatic heterocycles. The molecule has 0 radical (unpaired) electrons. The molecule has 0 bridgehead atoms. The lowest BCUT2D eigenvalue weighted by molar-refractivity contribution is 0.280. The fourth-order valence-corrected chi connectivity index (χ4v) is 1.52. The second kappa shape index (κ2) is 4.86. The molecular weight excluding hydrogens is 180 g/mol. The number of phenols is 1. The van der Waals surface area contributed by atoms with Crippen molar-refractivity contribution < 1.29 is 14.9 Å². The second-order valence-corrected chi connectivity index (χ2v) is 3.22. The molecule has 0 saturated carbocycles. The largest absolute Gasteiger partial charge is 0.504 e. The van der Waals surface area contributed by atoms with Gasteiger partial charge >= 0.3 is 0 Å². The lowest BCUT2D eigenvalue weighted by Gasteiger charge is -2.11. The van der Waals surface area contributed by atoms with Gasteiger partial charge in [-0.05, 0) is 29.7 Å². The number of hydrogen-bond acceptors (Lipinski definition) is 3. The van der Waals surface area contributed by atoms with Crippen LogP contribution in [0.4, 0.5) is 0 Å². The van der Waals surface area contributed by atoms with Crippen LogP contribution in [0.3, 0.4) is 0 Å². The molecule has 0 amide bonds. The van der Waals surface area contributed by atoms with Crippen LogP contribution in [0.15, 0.2) is 12.1 Å². The Balaban J connectivity index is 3.13. The van der Waals surface area contributed by atoms with E-state index in [1.807, 2.05) is 6.07 Å². The summed E-state index contributed by atoms with van der Waals surface area (Å²) in [6, 6.07) is 3.39. The molecule has 1 aromatic carbocycles. The number of aromatic hydroxyl groups is 1. The van der Waals surface area contributed by atoms with Gasteiger partial charge in [-0.2, -0.15) is 0 Å².